The molecule has 2 aromatic rings. The highest BCUT2D eigenvalue weighted by Crippen LogP contribution is 2.19. The zero-order chi connectivity index (χ0) is 16.3. The van der Waals surface area contributed by atoms with E-state index >= 15 is 0 Å². The van der Waals surface area contributed by atoms with Crippen LogP contribution in [0.2, 0.25) is 0 Å². The van der Waals surface area contributed by atoms with E-state index in [0.29, 0.717) is 18.0 Å². The molecule has 0 bridgehead atoms. The first kappa shape index (κ1) is 16.1. The first-order valence-electron chi connectivity index (χ1n) is 7.74. The standard InChI is InChI=1S/C17H21N3O2S/c1-15-4-2-6-17(12-15)23(21,22)20-10-8-19(9-11-20)14-16-5-3-7-18-13-16/h2-7,12-13H,8-11,14H2,1H3. The lowest BCUT2D eigenvalue weighted by Gasteiger charge is -2.34. The van der Waals surface area contributed by atoms with E-state index in [1.165, 1.54) is 0 Å². The SMILES string of the molecule is Cc1cccc(S(=O)(=O)N2CCN(Cc3cccnc3)CC2)c1. The maximum atomic E-state index is 12.7. The van der Waals surface area contributed by atoms with Crippen molar-refractivity contribution in [2.24, 2.45) is 0 Å². The number of hydrogen-bond acceptors (Lipinski definition) is 4. The second-order valence-corrected chi connectivity index (χ2v) is 7.80. The van der Waals surface area contributed by atoms with E-state index in [-0.39, 0.29) is 0 Å². The third kappa shape index (κ3) is 3.77. The summed E-state index contributed by atoms with van der Waals surface area (Å²) in [6, 6.07) is 11.1. The molecule has 1 aromatic carbocycles. The Hall–Kier alpha value is -1.76. The van der Waals surface area contributed by atoms with Crippen molar-refractivity contribution in [3.63, 3.8) is 0 Å². The van der Waals surface area contributed by atoms with Crippen LogP contribution in [0.4, 0.5) is 0 Å². The van der Waals surface area contributed by atoms with Crippen LogP contribution < -0.4 is 0 Å². The fraction of sp³-hybridized carbons (Fsp3) is 0.353. The number of sulfonamides is 1. The van der Waals surface area contributed by atoms with Crippen LogP contribution in [-0.4, -0.2) is 48.8 Å². The number of pyridine rings is 1. The summed E-state index contributed by atoms with van der Waals surface area (Å²) in [7, 11) is -3.39. The monoisotopic (exact) mass is 331 g/mol. The van der Waals surface area contributed by atoms with Crippen LogP contribution in [0.1, 0.15) is 11.1 Å². The van der Waals surface area contributed by atoms with E-state index in [0.717, 1.165) is 30.8 Å². The molecule has 0 N–H and O–H groups in total. The highest BCUT2D eigenvalue weighted by Gasteiger charge is 2.28. The van der Waals surface area contributed by atoms with Crippen molar-refractivity contribution in [1.29, 1.82) is 0 Å². The van der Waals surface area contributed by atoms with Gasteiger partial charge in [-0.05, 0) is 36.2 Å². The fourth-order valence-corrected chi connectivity index (χ4v) is 4.33. The summed E-state index contributed by atoms with van der Waals surface area (Å²) < 4.78 is 27.0. The van der Waals surface area contributed by atoms with Crippen LogP contribution in [0.3, 0.4) is 0 Å². The van der Waals surface area contributed by atoms with Gasteiger partial charge in [0.1, 0.15) is 0 Å². The van der Waals surface area contributed by atoms with Gasteiger partial charge in [0, 0.05) is 45.1 Å². The summed E-state index contributed by atoms with van der Waals surface area (Å²) in [5, 5.41) is 0. The third-order valence-corrected chi connectivity index (χ3v) is 5.98. The highest BCUT2D eigenvalue weighted by molar-refractivity contribution is 7.89. The van der Waals surface area contributed by atoms with Crippen LogP contribution in [0.5, 0.6) is 0 Å². The number of rotatable bonds is 4. The smallest absolute Gasteiger partial charge is 0.243 e. The Morgan fingerprint density at radius 3 is 2.52 bits per heavy atom. The maximum absolute atomic E-state index is 12.7. The van der Waals surface area contributed by atoms with Crippen LogP contribution in [0.25, 0.3) is 0 Å². The molecule has 0 amide bonds. The van der Waals surface area contributed by atoms with Gasteiger partial charge in [0.2, 0.25) is 10.0 Å². The van der Waals surface area contributed by atoms with Gasteiger partial charge >= 0.3 is 0 Å². The number of piperazine rings is 1. The lowest BCUT2D eigenvalue weighted by atomic mass is 10.2. The topological polar surface area (TPSA) is 53.5 Å². The Kier molecular flexibility index (Phi) is 4.75. The average molecular weight is 331 g/mol. The molecular formula is C17H21N3O2S. The van der Waals surface area contributed by atoms with Crippen molar-refractivity contribution < 1.29 is 8.42 Å². The molecule has 1 fully saturated rings. The molecule has 0 spiro atoms. The Morgan fingerprint density at radius 1 is 1.09 bits per heavy atom. The molecule has 6 heteroatoms. The first-order chi connectivity index (χ1) is 11.1. The van der Waals surface area contributed by atoms with Crippen molar-refractivity contribution in [3.05, 3.63) is 59.9 Å². The second kappa shape index (κ2) is 6.78. The Bertz CT molecular complexity index is 754. The number of aromatic nitrogens is 1. The summed E-state index contributed by atoms with van der Waals surface area (Å²) in [5.41, 5.74) is 2.11. The zero-order valence-corrected chi connectivity index (χ0v) is 14.0. The molecule has 0 atom stereocenters. The van der Waals surface area contributed by atoms with Gasteiger partial charge in [-0.25, -0.2) is 8.42 Å². The van der Waals surface area contributed by atoms with E-state index in [2.05, 4.69) is 9.88 Å². The molecule has 1 aliphatic heterocycles. The van der Waals surface area contributed by atoms with Gasteiger partial charge in [-0.2, -0.15) is 4.31 Å². The molecule has 2 heterocycles. The van der Waals surface area contributed by atoms with Gasteiger partial charge in [0.25, 0.3) is 0 Å². The van der Waals surface area contributed by atoms with Crippen molar-refractivity contribution in [1.82, 2.24) is 14.2 Å². The van der Waals surface area contributed by atoms with E-state index in [4.69, 9.17) is 0 Å². The molecule has 1 saturated heterocycles. The van der Waals surface area contributed by atoms with E-state index in [9.17, 15) is 8.42 Å². The third-order valence-electron chi connectivity index (χ3n) is 4.09. The molecule has 0 unspecified atom stereocenters. The van der Waals surface area contributed by atoms with Gasteiger partial charge < -0.3 is 0 Å². The predicted molar refractivity (Wildman–Crippen MR) is 89.5 cm³/mol. The summed E-state index contributed by atoms with van der Waals surface area (Å²) in [5.74, 6) is 0. The molecule has 0 radical (unpaired) electrons. The first-order valence-corrected chi connectivity index (χ1v) is 9.18. The highest BCUT2D eigenvalue weighted by atomic mass is 32.2. The molecule has 23 heavy (non-hydrogen) atoms. The largest absolute Gasteiger partial charge is 0.296 e. The predicted octanol–water partition coefficient (Wildman–Crippen LogP) is 1.90. The molecular weight excluding hydrogens is 310 g/mol. The summed E-state index contributed by atoms with van der Waals surface area (Å²) >= 11 is 0. The summed E-state index contributed by atoms with van der Waals surface area (Å²) in [4.78, 5) is 6.77. The van der Waals surface area contributed by atoms with E-state index < -0.39 is 10.0 Å². The number of hydrogen-bond donors (Lipinski definition) is 0. The van der Waals surface area contributed by atoms with Crippen LogP contribution >= 0.6 is 0 Å². The van der Waals surface area contributed by atoms with Gasteiger partial charge in [-0.1, -0.05) is 18.2 Å². The van der Waals surface area contributed by atoms with Crippen LogP contribution in [0, 0.1) is 6.92 Å². The lowest BCUT2D eigenvalue weighted by molar-refractivity contribution is 0.181. The van der Waals surface area contributed by atoms with Crippen LogP contribution in [-0.2, 0) is 16.6 Å². The molecule has 122 valence electrons. The normalized spacial score (nSPS) is 17.3. The average Bonchev–Trinajstić information content (AvgIpc) is 2.56. The van der Waals surface area contributed by atoms with Gasteiger partial charge in [0.05, 0.1) is 4.90 Å². The maximum Gasteiger partial charge on any atom is 0.243 e. The Labute approximate surface area is 137 Å². The van der Waals surface area contributed by atoms with Gasteiger partial charge in [-0.15, -0.1) is 0 Å². The number of nitrogens with zero attached hydrogens (tertiary/aromatic N) is 3. The van der Waals surface area contributed by atoms with Gasteiger partial charge in [0.15, 0.2) is 0 Å². The Balaban J connectivity index is 1.64. The molecule has 3 rings (SSSR count). The van der Waals surface area contributed by atoms with Crippen molar-refractivity contribution in [3.8, 4) is 0 Å². The molecule has 1 aromatic heterocycles. The molecule has 1 aliphatic rings. The number of benzene rings is 1. The lowest BCUT2D eigenvalue weighted by Crippen LogP contribution is -2.48. The van der Waals surface area contributed by atoms with Gasteiger partial charge in [-0.3, -0.25) is 9.88 Å². The van der Waals surface area contributed by atoms with Crippen molar-refractivity contribution in [2.75, 3.05) is 26.2 Å². The van der Waals surface area contributed by atoms with Crippen LogP contribution in [0.15, 0.2) is 53.7 Å². The quantitative estimate of drug-likeness (QED) is 0.859. The fourth-order valence-electron chi connectivity index (χ4n) is 2.80. The van der Waals surface area contributed by atoms with Crippen molar-refractivity contribution >= 4 is 10.0 Å². The summed E-state index contributed by atoms with van der Waals surface area (Å²) in [6.07, 6.45) is 3.62. The van der Waals surface area contributed by atoms with E-state index in [1.807, 2.05) is 31.3 Å². The molecule has 5 nitrogen and oxygen atoms in total. The second-order valence-electron chi connectivity index (χ2n) is 5.86. The molecule has 0 aliphatic carbocycles. The Morgan fingerprint density at radius 2 is 1.87 bits per heavy atom. The minimum Gasteiger partial charge on any atom is -0.296 e. The molecule has 0 saturated carbocycles. The zero-order valence-electron chi connectivity index (χ0n) is 13.2. The van der Waals surface area contributed by atoms with E-state index in [1.54, 1.807) is 28.7 Å². The number of aryl methyl sites for hydroxylation is 1. The minimum absolute atomic E-state index is 0.387. The minimum atomic E-state index is -3.39. The van der Waals surface area contributed by atoms with Crippen molar-refractivity contribution in [2.45, 2.75) is 18.4 Å². The summed E-state index contributed by atoms with van der Waals surface area (Å²) in [6.45, 7) is 5.24.